The minimum atomic E-state index is -0.869. The summed E-state index contributed by atoms with van der Waals surface area (Å²) in [6, 6.07) is -0.820. The van der Waals surface area contributed by atoms with Crippen molar-refractivity contribution in [1.29, 1.82) is 0 Å². The van der Waals surface area contributed by atoms with Gasteiger partial charge in [0.15, 0.2) is 0 Å². The zero-order chi connectivity index (χ0) is 14.8. The van der Waals surface area contributed by atoms with Crippen molar-refractivity contribution < 1.29 is 14.7 Å². The smallest absolute Gasteiger partial charge is 0.326 e. The van der Waals surface area contributed by atoms with Gasteiger partial charge in [-0.3, -0.25) is 0 Å². The van der Waals surface area contributed by atoms with Crippen LogP contribution in [0.5, 0.6) is 0 Å². The lowest BCUT2D eigenvalue weighted by Gasteiger charge is -2.29. The molecule has 2 amide bonds. The zero-order valence-corrected chi connectivity index (χ0v) is 12.6. The van der Waals surface area contributed by atoms with Crippen LogP contribution in [0.25, 0.3) is 0 Å². The summed E-state index contributed by atoms with van der Waals surface area (Å²) in [7, 11) is 0. The number of amides is 2. The molecule has 0 aromatic heterocycles. The van der Waals surface area contributed by atoms with Crippen LogP contribution in [0.3, 0.4) is 0 Å². The summed E-state index contributed by atoms with van der Waals surface area (Å²) >= 11 is 0. The van der Waals surface area contributed by atoms with E-state index in [-0.39, 0.29) is 6.03 Å². The van der Waals surface area contributed by atoms with Crippen LogP contribution in [0, 0.1) is 17.8 Å². The van der Waals surface area contributed by atoms with Gasteiger partial charge in [-0.1, -0.05) is 19.3 Å². The van der Waals surface area contributed by atoms with Gasteiger partial charge in [0.25, 0.3) is 0 Å². The number of hydrogen-bond donors (Lipinski definition) is 2. The van der Waals surface area contributed by atoms with E-state index in [9.17, 15) is 14.7 Å². The molecule has 5 nitrogen and oxygen atoms in total. The van der Waals surface area contributed by atoms with Crippen molar-refractivity contribution in [2.45, 2.75) is 57.4 Å². The van der Waals surface area contributed by atoms with Crippen LogP contribution in [0.15, 0.2) is 0 Å². The third-order valence-electron chi connectivity index (χ3n) is 5.70. The largest absolute Gasteiger partial charge is 0.480 e. The standard InChI is InChI=1S/C16H26N2O3/c19-15(20)14-4-2-1-3-7-18(14)16(21)17-10-13-9-11-5-6-12(13)8-11/h11-14H,1-10H2,(H,17,21)(H,19,20). The minimum Gasteiger partial charge on any atom is -0.480 e. The lowest BCUT2D eigenvalue weighted by molar-refractivity contribution is -0.142. The average molecular weight is 294 g/mol. The van der Waals surface area contributed by atoms with Gasteiger partial charge in [-0.05, 0) is 49.9 Å². The predicted octanol–water partition coefficient (Wildman–Crippen LogP) is 2.46. The second-order valence-corrected chi connectivity index (χ2v) is 7.02. The molecule has 4 atom stereocenters. The number of rotatable bonds is 3. The number of urea groups is 1. The predicted molar refractivity (Wildman–Crippen MR) is 78.9 cm³/mol. The number of carboxylic acid groups (broad SMARTS) is 1. The highest BCUT2D eigenvalue weighted by Gasteiger charge is 2.39. The number of fused-ring (bicyclic) bond motifs is 2. The maximum Gasteiger partial charge on any atom is 0.326 e. The first-order valence-electron chi connectivity index (χ1n) is 8.42. The summed E-state index contributed by atoms with van der Waals surface area (Å²) in [5.41, 5.74) is 0. The summed E-state index contributed by atoms with van der Waals surface area (Å²) in [4.78, 5) is 25.3. The first-order chi connectivity index (χ1) is 10.1. The highest BCUT2D eigenvalue weighted by molar-refractivity contribution is 5.82. The molecule has 0 aromatic carbocycles. The molecule has 3 fully saturated rings. The Labute approximate surface area is 126 Å². The number of carbonyl (C=O) groups is 2. The van der Waals surface area contributed by atoms with E-state index < -0.39 is 12.0 Å². The number of aliphatic carboxylic acids is 1. The van der Waals surface area contributed by atoms with E-state index in [2.05, 4.69) is 5.32 Å². The molecular weight excluding hydrogens is 268 g/mol. The van der Waals surface area contributed by atoms with E-state index in [1.807, 2.05) is 0 Å². The molecule has 3 aliphatic rings. The van der Waals surface area contributed by atoms with Crippen LogP contribution >= 0.6 is 0 Å². The molecule has 1 heterocycles. The number of nitrogens with zero attached hydrogens (tertiary/aromatic N) is 1. The van der Waals surface area contributed by atoms with Gasteiger partial charge in [-0.15, -0.1) is 0 Å². The van der Waals surface area contributed by atoms with Crippen LogP contribution in [0.2, 0.25) is 0 Å². The fourth-order valence-corrected chi connectivity index (χ4v) is 4.55. The topological polar surface area (TPSA) is 69.6 Å². The minimum absolute atomic E-state index is 0.174. The van der Waals surface area contributed by atoms with Gasteiger partial charge < -0.3 is 15.3 Å². The van der Waals surface area contributed by atoms with Crippen LogP contribution in [-0.4, -0.2) is 41.1 Å². The number of likely N-dealkylation sites (tertiary alicyclic amines) is 1. The van der Waals surface area contributed by atoms with Gasteiger partial charge in [0, 0.05) is 13.1 Å². The highest BCUT2D eigenvalue weighted by Crippen LogP contribution is 2.47. The molecule has 1 saturated heterocycles. The van der Waals surface area contributed by atoms with Crippen molar-refractivity contribution in [1.82, 2.24) is 10.2 Å². The molecule has 0 aromatic rings. The van der Waals surface area contributed by atoms with Crippen molar-refractivity contribution >= 4 is 12.0 Å². The van der Waals surface area contributed by atoms with Crippen molar-refractivity contribution in [2.75, 3.05) is 13.1 Å². The van der Waals surface area contributed by atoms with E-state index in [4.69, 9.17) is 0 Å². The molecule has 5 heteroatoms. The Bertz CT molecular complexity index is 412. The number of hydrogen-bond acceptors (Lipinski definition) is 2. The molecule has 118 valence electrons. The Morgan fingerprint density at radius 1 is 1.10 bits per heavy atom. The molecule has 4 unspecified atom stereocenters. The second kappa shape index (κ2) is 6.24. The number of carboxylic acids is 1. The number of nitrogens with one attached hydrogen (secondary N) is 1. The van der Waals surface area contributed by atoms with Crippen LogP contribution in [0.4, 0.5) is 4.79 Å². The zero-order valence-electron chi connectivity index (χ0n) is 12.6. The van der Waals surface area contributed by atoms with E-state index in [0.29, 0.717) is 18.9 Å². The molecule has 21 heavy (non-hydrogen) atoms. The van der Waals surface area contributed by atoms with Crippen molar-refractivity contribution in [2.24, 2.45) is 17.8 Å². The van der Waals surface area contributed by atoms with Gasteiger partial charge in [0.05, 0.1) is 0 Å². The Kier molecular flexibility index (Phi) is 4.36. The summed E-state index contributed by atoms with van der Waals surface area (Å²) in [6.45, 7) is 1.29. The quantitative estimate of drug-likeness (QED) is 0.840. The van der Waals surface area contributed by atoms with Crippen molar-refractivity contribution in [3.63, 3.8) is 0 Å². The SMILES string of the molecule is O=C(O)C1CCCCCN1C(=O)NCC1CC2CCC1C2. The van der Waals surface area contributed by atoms with E-state index >= 15 is 0 Å². The molecule has 2 saturated carbocycles. The van der Waals surface area contributed by atoms with Gasteiger partial charge in [-0.2, -0.15) is 0 Å². The third-order valence-corrected chi connectivity index (χ3v) is 5.70. The third kappa shape index (κ3) is 3.16. The van der Waals surface area contributed by atoms with Crippen molar-refractivity contribution in [3.05, 3.63) is 0 Å². The van der Waals surface area contributed by atoms with E-state index in [1.54, 1.807) is 4.90 Å². The average Bonchev–Trinajstić information content (AvgIpc) is 2.99. The molecule has 2 aliphatic carbocycles. The van der Waals surface area contributed by atoms with Gasteiger partial charge in [0.2, 0.25) is 0 Å². The second-order valence-electron chi connectivity index (χ2n) is 7.02. The lowest BCUT2D eigenvalue weighted by atomic mass is 9.89. The van der Waals surface area contributed by atoms with Gasteiger partial charge >= 0.3 is 12.0 Å². The molecule has 2 bridgehead atoms. The van der Waals surface area contributed by atoms with Crippen LogP contribution in [-0.2, 0) is 4.79 Å². The Balaban J connectivity index is 1.54. The van der Waals surface area contributed by atoms with E-state index in [0.717, 1.165) is 37.6 Å². The summed E-state index contributed by atoms with van der Waals surface area (Å²) in [5.74, 6) is 1.41. The summed E-state index contributed by atoms with van der Waals surface area (Å²) in [5, 5.41) is 12.3. The molecule has 1 aliphatic heterocycles. The van der Waals surface area contributed by atoms with Crippen molar-refractivity contribution in [3.8, 4) is 0 Å². The van der Waals surface area contributed by atoms with E-state index in [1.165, 1.54) is 25.7 Å². The maximum absolute atomic E-state index is 12.4. The fraction of sp³-hybridized carbons (Fsp3) is 0.875. The monoisotopic (exact) mass is 294 g/mol. The number of carbonyl (C=O) groups excluding carboxylic acids is 1. The maximum atomic E-state index is 12.4. The van der Waals surface area contributed by atoms with Crippen LogP contribution in [0.1, 0.15) is 51.4 Å². The van der Waals surface area contributed by atoms with Crippen LogP contribution < -0.4 is 5.32 Å². The summed E-state index contributed by atoms with van der Waals surface area (Å²) in [6.07, 6.45) is 8.65. The molecule has 3 rings (SSSR count). The molecular formula is C16H26N2O3. The lowest BCUT2D eigenvalue weighted by Crippen LogP contribution is -2.50. The first-order valence-corrected chi connectivity index (χ1v) is 8.42. The molecule has 2 N–H and O–H groups in total. The normalized spacial score (nSPS) is 35.5. The highest BCUT2D eigenvalue weighted by atomic mass is 16.4. The Hall–Kier alpha value is -1.26. The molecule has 0 spiro atoms. The van der Waals surface area contributed by atoms with Gasteiger partial charge in [-0.25, -0.2) is 9.59 Å². The Morgan fingerprint density at radius 3 is 2.62 bits per heavy atom. The Morgan fingerprint density at radius 2 is 1.95 bits per heavy atom. The summed E-state index contributed by atoms with van der Waals surface area (Å²) < 4.78 is 0. The van der Waals surface area contributed by atoms with Gasteiger partial charge in [0.1, 0.15) is 6.04 Å². The first kappa shape index (κ1) is 14.7. The molecule has 0 radical (unpaired) electrons. The fourth-order valence-electron chi connectivity index (χ4n) is 4.55.